The molecule has 2 aromatic carbocycles. The summed E-state index contributed by atoms with van der Waals surface area (Å²) in [6.07, 6.45) is -4.84. The highest BCUT2D eigenvalue weighted by molar-refractivity contribution is 9.10. The van der Waals surface area contributed by atoms with Gasteiger partial charge in [0.2, 0.25) is 0 Å². The van der Waals surface area contributed by atoms with Gasteiger partial charge in [-0.05, 0) is 46.3 Å². The highest BCUT2D eigenvalue weighted by Gasteiger charge is 2.31. The Morgan fingerprint density at radius 1 is 1.04 bits per heavy atom. The smallest absolute Gasteiger partial charge is 0.406 e. The highest BCUT2D eigenvalue weighted by Crippen LogP contribution is 2.29. The molecule has 0 fully saturated rings. The van der Waals surface area contributed by atoms with Crippen LogP contribution >= 0.6 is 27.5 Å². The monoisotopic (exact) mass is 460 g/mol. The third-order valence-electron chi connectivity index (χ3n) is 3.52. The van der Waals surface area contributed by atoms with Crippen LogP contribution in [0.1, 0.15) is 0 Å². The number of alkyl halides is 3. The van der Waals surface area contributed by atoms with Crippen LogP contribution in [0.5, 0.6) is 5.75 Å². The number of hydrogen-bond acceptors (Lipinski definition) is 3. The quantitative estimate of drug-likeness (QED) is 0.624. The first-order valence-corrected chi connectivity index (χ1v) is 8.50. The molecule has 0 aliphatic rings. The van der Waals surface area contributed by atoms with E-state index in [4.69, 9.17) is 11.6 Å². The van der Waals surface area contributed by atoms with Crippen LogP contribution in [0, 0.1) is 0 Å². The number of hydrogen-bond donors (Lipinski definition) is 1. The Labute approximate surface area is 163 Å². The van der Waals surface area contributed by atoms with Gasteiger partial charge in [-0.3, -0.25) is 4.79 Å². The van der Waals surface area contributed by atoms with Crippen LogP contribution in [0.4, 0.5) is 13.2 Å². The van der Waals surface area contributed by atoms with Crippen molar-refractivity contribution in [1.82, 2.24) is 9.55 Å². The molecule has 0 amide bonds. The Hall–Kier alpha value is -2.52. The molecule has 1 aromatic heterocycles. The molecule has 140 valence electrons. The van der Waals surface area contributed by atoms with Crippen LogP contribution in [-0.4, -0.2) is 15.9 Å². The summed E-state index contributed by atoms with van der Waals surface area (Å²) in [7, 11) is 0. The van der Waals surface area contributed by atoms with E-state index in [1.54, 1.807) is 24.3 Å². The van der Waals surface area contributed by atoms with Gasteiger partial charge in [-0.2, -0.15) is 0 Å². The van der Waals surface area contributed by atoms with E-state index in [2.05, 4.69) is 25.7 Å². The Morgan fingerprint density at radius 3 is 2.26 bits per heavy atom. The normalized spacial score (nSPS) is 11.4. The number of nitrogens with one attached hydrogen (secondary N) is 1. The first kappa shape index (κ1) is 19.2. The fourth-order valence-corrected chi connectivity index (χ4v) is 3.12. The Morgan fingerprint density at radius 2 is 1.67 bits per heavy atom. The average Bonchev–Trinajstić information content (AvgIpc) is 2.59. The summed E-state index contributed by atoms with van der Waals surface area (Å²) >= 11 is 9.26. The number of ether oxygens (including phenoxy) is 1. The number of rotatable bonds is 3. The van der Waals surface area contributed by atoms with Crippen LogP contribution in [-0.2, 0) is 0 Å². The van der Waals surface area contributed by atoms with Gasteiger partial charge in [-0.1, -0.05) is 29.8 Å². The summed E-state index contributed by atoms with van der Waals surface area (Å²) < 4.78 is 41.3. The van der Waals surface area contributed by atoms with Gasteiger partial charge < -0.3 is 9.72 Å². The lowest BCUT2D eigenvalue weighted by atomic mass is 10.1. The molecule has 0 bridgehead atoms. The number of H-pyrrole nitrogens is 1. The minimum atomic E-state index is -4.84. The van der Waals surface area contributed by atoms with Gasteiger partial charge in [-0.15, -0.1) is 13.2 Å². The maximum Gasteiger partial charge on any atom is 0.573 e. The first-order chi connectivity index (χ1) is 12.7. The molecule has 5 nitrogen and oxygen atoms in total. The number of aromatic amines is 1. The second kappa shape index (κ2) is 7.24. The largest absolute Gasteiger partial charge is 0.573 e. The predicted molar refractivity (Wildman–Crippen MR) is 97.5 cm³/mol. The number of halogens is 5. The van der Waals surface area contributed by atoms with Crippen molar-refractivity contribution < 1.29 is 17.9 Å². The molecule has 0 spiro atoms. The van der Waals surface area contributed by atoms with Crippen LogP contribution in [0.3, 0.4) is 0 Å². The summed E-state index contributed by atoms with van der Waals surface area (Å²) in [5.41, 5.74) is -0.756. The van der Waals surface area contributed by atoms with Gasteiger partial charge >= 0.3 is 12.1 Å². The summed E-state index contributed by atoms with van der Waals surface area (Å²) in [5, 5.41) is 0.333. The minimum absolute atomic E-state index is 0.0471. The van der Waals surface area contributed by atoms with Gasteiger partial charge in [0.15, 0.2) is 0 Å². The predicted octanol–water partition coefficient (Wildman–Crippen LogP) is 4.51. The third kappa shape index (κ3) is 4.09. The van der Waals surface area contributed by atoms with Gasteiger partial charge in [0.1, 0.15) is 10.2 Å². The molecule has 0 aliphatic carbocycles. The third-order valence-corrected chi connectivity index (χ3v) is 4.58. The molecular formula is C17H9BrClF3N2O3. The molecular weight excluding hydrogens is 453 g/mol. The molecule has 27 heavy (non-hydrogen) atoms. The van der Waals surface area contributed by atoms with E-state index in [1.165, 1.54) is 12.1 Å². The van der Waals surface area contributed by atoms with Crippen molar-refractivity contribution in [3.63, 3.8) is 0 Å². The zero-order valence-electron chi connectivity index (χ0n) is 13.2. The van der Waals surface area contributed by atoms with Crippen LogP contribution < -0.4 is 16.0 Å². The summed E-state index contributed by atoms with van der Waals surface area (Å²) in [6, 6.07) is 11.0. The Bertz CT molecular complexity index is 1110. The number of aromatic nitrogens is 2. The van der Waals surface area contributed by atoms with Gasteiger partial charge in [0, 0.05) is 10.6 Å². The second-order valence-corrected chi connectivity index (χ2v) is 6.48. The van der Waals surface area contributed by atoms with Crippen molar-refractivity contribution in [2.24, 2.45) is 0 Å². The van der Waals surface area contributed by atoms with Crippen molar-refractivity contribution in [3.8, 4) is 22.7 Å². The van der Waals surface area contributed by atoms with E-state index in [0.29, 0.717) is 10.6 Å². The molecule has 10 heteroatoms. The highest BCUT2D eigenvalue weighted by atomic mass is 79.9. The van der Waals surface area contributed by atoms with Crippen molar-refractivity contribution in [3.05, 3.63) is 78.9 Å². The Balaban J connectivity index is 2.08. The molecule has 3 rings (SSSR count). The van der Waals surface area contributed by atoms with Crippen LogP contribution in [0.25, 0.3) is 16.9 Å². The lowest BCUT2D eigenvalue weighted by Gasteiger charge is -2.12. The molecule has 1 heterocycles. The van der Waals surface area contributed by atoms with Gasteiger partial charge in [-0.25, -0.2) is 9.36 Å². The minimum Gasteiger partial charge on any atom is -0.406 e. The number of benzene rings is 2. The molecule has 0 radical (unpaired) electrons. The van der Waals surface area contributed by atoms with Gasteiger partial charge in [0.25, 0.3) is 5.56 Å². The molecule has 0 atom stereocenters. The van der Waals surface area contributed by atoms with E-state index in [-0.39, 0.29) is 15.9 Å². The average molecular weight is 462 g/mol. The first-order valence-electron chi connectivity index (χ1n) is 7.33. The summed E-state index contributed by atoms with van der Waals surface area (Å²) in [4.78, 5) is 27.7. The van der Waals surface area contributed by atoms with E-state index in [9.17, 15) is 22.8 Å². The Kier molecular flexibility index (Phi) is 5.16. The molecule has 0 aliphatic heterocycles. The molecule has 3 aromatic rings. The molecule has 0 unspecified atom stereocenters. The summed E-state index contributed by atoms with van der Waals surface area (Å²) in [6.45, 7) is 0. The standard InChI is InChI=1S/C17H9BrClF3N2O3/c18-13-14(11-3-1-2-4-12(11)19)23-16(26)24(15(13)25)9-5-7-10(8-6-9)27-17(20,21)22/h1-8H,(H,23,26). The zero-order valence-corrected chi connectivity index (χ0v) is 15.5. The SMILES string of the molecule is O=c1[nH]c(-c2ccccc2Cl)c(Br)c(=O)n1-c1ccc(OC(F)(F)F)cc1. The van der Waals surface area contributed by atoms with Crippen molar-refractivity contribution in [1.29, 1.82) is 0 Å². The fraction of sp³-hybridized carbons (Fsp3) is 0.0588. The zero-order chi connectivity index (χ0) is 19.8. The van der Waals surface area contributed by atoms with Crippen LogP contribution in [0.2, 0.25) is 5.02 Å². The maximum atomic E-state index is 12.7. The molecule has 0 saturated heterocycles. The van der Waals surface area contributed by atoms with Crippen LogP contribution in [0.15, 0.2) is 62.6 Å². The second-order valence-electron chi connectivity index (χ2n) is 5.28. The van der Waals surface area contributed by atoms with Crippen molar-refractivity contribution in [2.75, 3.05) is 0 Å². The topological polar surface area (TPSA) is 64.1 Å². The maximum absolute atomic E-state index is 12.7. The van der Waals surface area contributed by atoms with Crippen molar-refractivity contribution in [2.45, 2.75) is 6.36 Å². The molecule has 0 saturated carbocycles. The van der Waals surface area contributed by atoms with E-state index < -0.39 is 23.4 Å². The lowest BCUT2D eigenvalue weighted by Crippen LogP contribution is -2.34. The van der Waals surface area contributed by atoms with E-state index >= 15 is 0 Å². The van der Waals surface area contributed by atoms with Gasteiger partial charge in [0.05, 0.1) is 11.4 Å². The summed E-state index contributed by atoms with van der Waals surface area (Å²) in [5.74, 6) is -0.470. The van der Waals surface area contributed by atoms with E-state index in [0.717, 1.165) is 16.7 Å². The van der Waals surface area contributed by atoms with Crippen molar-refractivity contribution >= 4 is 27.5 Å². The molecule has 1 N–H and O–H groups in total. The van der Waals surface area contributed by atoms with E-state index in [1.807, 2.05) is 0 Å². The lowest BCUT2D eigenvalue weighted by molar-refractivity contribution is -0.274. The number of nitrogens with zero attached hydrogens (tertiary/aromatic N) is 1. The fourth-order valence-electron chi connectivity index (χ4n) is 2.40.